The maximum Gasteiger partial charge on any atom is 0.412 e. The summed E-state index contributed by atoms with van der Waals surface area (Å²) in [5.41, 5.74) is 4.24. The van der Waals surface area contributed by atoms with E-state index in [0.717, 1.165) is 35.1 Å². The zero-order chi connectivity index (χ0) is 27.6. The Hall–Kier alpha value is -3.74. The Morgan fingerprint density at radius 2 is 1.54 bits per heavy atom. The van der Waals surface area contributed by atoms with Gasteiger partial charge in [-0.2, -0.15) is 0 Å². The van der Waals surface area contributed by atoms with Gasteiger partial charge in [-0.15, -0.1) is 0 Å². The number of esters is 1. The van der Waals surface area contributed by atoms with Crippen molar-refractivity contribution in [2.75, 3.05) is 11.9 Å². The number of anilines is 1. The molecule has 1 aliphatic rings. The van der Waals surface area contributed by atoms with Crippen LogP contribution in [0, 0.1) is 0 Å². The summed E-state index contributed by atoms with van der Waals surface area (Å²) in [5, 5.41) is 3.47. The number of amides is 1. The van der Waals surface area contributed by atoms with Gasteiger partial charge in [0.15, 0.2) is 5.76 Å². The Kier molecular flexibility index (Phi) is 7.69. The maximum atomic E-state index is 12.7. The molecule has 0 saturated heterocycles. The Morgan fingerprint density at radius 1 is 0.923 bits per heavy atom. The van der Waals surface area contributed by atoms with Crippen molar-refractivity contribution in [3.05, 3.63) is 100 Å². The standard InChI is InChI=1S/C31H27Cl2NO5/c1-3-37-29(35)31(16-17-31)23-14-12-21(13-15-23)20-8-10-22(11-9-20)28-27(26(33)18-38-28)34-30(36)39-19(2)24-6-4-5-7-25(24)32/h4-15,18-19H,3,16-17H2,1-2H3,(H,34,36). The molecule has 1 amide bonds. The minimum Gasteiger partial charge on any atom is -0.465 e. The molecule has 1 fully saturated rings. The van der Waals surface area contributed by atoms with E-state index in [2.05, 4.69) is 5.32 Å². The number of nitrogens with one attached hydrogen (secondary N) is 1. The molecule has 1 atom stereocenters. The maximum absolute atomic E-state index is 12.7. The van der Waals surface area contributed by atoms with E-state index in [0.29, 0.717) is 28.6 Å². The predicted molar refractivity (Wildman–Crippen MR) is 152 cm³/mol. The number of hydrogen-bond donors (Lipinski definition) is 1. The molecular weight excluding hydrogens is 537 g/mol. The van der Waals surface area contributed by atoms with Crippen LogP contribution in [0.3, 0.4) is 0 Å². The number of halogens is 2. The van der Waals surface area contributed by atoms with Crippen molar-refractivity contribution in [1.82, 2.24) is 0 Å². The Labute approximate surface area is 236 Å². The smallest absolute Gasteiger partial charge is 0.412 e. The molecule has 1 N–H and O–H groups in total. The summed E-state index contributed by atoms with van der Waals surface area (Å²) in [4.78, 5) is 25.1. The number of ether oxygens (including phenoxy) is 2. The van der Waals surface area contributed by atoms with E-state index in [1.54, 1.807) is 19.1 Å². The third-order valence-corrected chi connectivity index (χ3v) is 7.56. The molecule has 5 rings (SSSR count). The zero-order valence-electron chi connectivity index (χ0n) is 21.5. The molecule has 4 aromatic rings. The third-order valence-electron chi connectivity index (χ3n) is 6.93. The summed E-state index contributed by atoms with van der Waals surface area (Å²) in [7, 11) is 0. The average molecular weight is 564 g/mol. The molecule has 6 nitrogen and oxygen atoms in total. The fourth-order valence-corrected chi connectivity index (χ4v) is 5.09. The molecule has 0 radical (unpaired) electrons. The van der Waals surface area contributed by atoms with Crippen LogP contribution in [0.4, 0.5) is 10.5 Å². The normalized spacial score (nSPS) is 14.4. The van der Waals surface area contributed by atoms with Crippen LogP contribution in [0.2, 0.25) is 10.0 Å². The monoisotopic (exact) mass is 563 g/mol. The van der Waals surface area contributed by atoms with Crippen LogP contribution in [0.25, 0.3) is 22.5 Å². The van der Waals surface area contributed by atoms with E-state index >= 15 is 0 Å². The SMILES string of the molecule is CCOC(=O)C1(c2ccc(-c3ccc(-c4occ(Cl)c4NC(=O)OC(C)c4ccccc4Cl)cc3)cc2)CC1. The fraction of sp³-hybridized carbons (Fsp3) is 0.226. The fourth-order valence-electron chi connectivity index (χ4n) is 4.63. The minimum absolute atomic E-state index is 0.147. The molecule has 3 aromatic carbocycles. The molecule has 1 aromatic heterocycles. The van der Waals surface area contributed by atoms with Crippen molar-refractivity contribution < 1.29 is 23.5 Å². The average Bonchev–Trinajstić information content (AvgIpc) is 3.68. The topological polar surface area (TPSA) is 77.8 Å². The second kappa shape index (κ2) is 11.2. The van der Waals surface area contributed by atoms with E-state index in [1.165, 1.54) is 6.26 Å². The van der Waals surface area contributed by atoms with Gasteiger partial charge in [0.25, 0.3) is 0 Å². The van der Waals surface area contributed by atoms with Crippen LogP contribution in [0.15, 0.2) is 83.5 Å². The minimum atomic E-state index is -0.681. The Morgan fingerprint density at radius 3 is 2.15 bits per heavy atom. The van der Waals surface area contributed by atoms with Gasteiger partial charge < -0.3 is 13.9 Å². The summed E-state index contributed by atoms with van der Waals surface area (Å²) < 4.78 is 16.5. The Bertz CT molecular complexity index is 1490. The number of carbonyl (C=O) groups is 2. The molecule has 39 heavy (non-hydrogen) atoms. The van der Waals surface area contributed by atoms with Gasteiger partial charge in [-0.25, -0.2) is 4.79 Å². The van der Waals surface area contributed by atoms with Crippen LogP contribution >= 0.6 is 23.2 Å². The second-order valence-corrected chi connectivity index (χ2v) is 10.3. The molecule has 1 heterocycles. The van der Waals surface area contributed by atoms with Crippen LogP contribution in [-0.4, -0.2) is 18.7 Å². The van der Waals surface area contributed by atoms with Gasteiger partial charge in [0.1, 0.15) is 23.1 Å². The lowest BCUT2D eigenvalue weighted by Gasteiger charge is -2.15. The number of hydrogen-bond acceptors (Lipinski definition) is 5. The van der Waals surface area contributed by atoms with Gasteiger partial charge >= 0.3 is 12.1 Å². The highest BCUT2D eigenvalue weighted by atomic mass is 35.5. The van der Waals surface area contributed by atoms with E-state index in [9.17, 15) is 9.59 Å². The summed E-state index contributed by atoms with van der Waals surface area (Å²) >= 11 is 12.5. The second-order valence-electron chi connectivity index (χ2n) is 9.44. The molecule has 0 aliphatic heterocycles. The highest BCUT2D eigenvalue weighted by molar-refractivity contribution is 6.34. The quantitative estimate of drug-likeness (QED) is 0.216. The van der Waals surface area contributed by atoms with Crippen LogP contribution < -0.4 is 5.32 Å². The molecule has 1 unspecified atom stereocenters. The van der Waals surface area contributed by atoms with Crippen molar-refractivity contribution >= 4 is 41.0 Å². The van der Waals surface area contributed by atoms with E-state index < -0.39 is 17.6 Å². The predicted octanol–water partition coefficient (Wildman–Crippen LogP) is 8.82. The molecule has 1 saturated carbocycles. The van der Waals surface area contributed by atoms with Gasteiger partial charge in [0, 0.05) is 16.1 Å². The first-order chi connectivity index (χ1) is 18.8. The highest BCUT2D eigenvalue weighted by Crippen LogP contribution is 2.49. The first kappa shape index (κ1) is 26.9. The van der Waals surface area contributed by atoms with Crippen LogP contribution in [0.1, 0.15) is 43.9 Å². The van der Waals surface area contributed by atoms with Crippen molar-refractivity contribution in [2.24, 2.45) is 0 Å². The number of rotatable bonds is 8. The number of benzene rings is 3. The van der Waals surface area contributed by atoms with Gasteiger partial charge in [-0.05, 0) is 49.4 Å². The summed E-state index contributed by atoms with van der Waals surface area (Å²) in [5.74, 6) is 0.264. The zero-order valence-corrected chi connectivity index (χ0v) is 23.0. The van der Waals surface area contributed by atoms with Gasteiger partial charge in [0.05, 0.1) is 12.0 Å². The van der Waals surface area contributed by atoms with Crippen molar-refractivity contribution in [2.45, 2.75) is 38.2 Å². The third kappa shape index (κ3) is 5.54. The summed E-state index contributed by atoms with van der Waals surface area (Å²) in [6, 6.07) is 22.9. The van der Waals surface area contributed by atoms with Crippen LogP contribution in [-0.2, 0) is 19.7 Å². The number of furan rings is 1. The molecule has 8 heteroatoms. The van der Waals surface area contributed by atoms with Gasteiger partial charge in [-0.1, -0.05) is 89.9 Å². The van der Waals surface area contributed by atoms with Crippen molar-refractivity contribution in [3.8, 4) is 22.5 Å². The van der Waals surface area contributed by atoms with Gasteiger partial charge in [0.2, 0.25) is 0 Å². The molecular formula is C31H27Cl2NO5. The van der Waals surface area contributed by atoms with Crippen molar-refractivity contribution in [1.29, 1.82) is 0 Å². The molecule has 200 valence electrons. The first-order valence-electron chi connectivity index (χ1n) is 12.7. The lowest BCUT2D eigenvalue weighted by Crippen LogP contribution is -2.23. The number of carbonyl (C=O) groups excluding carboxylic acids is 2. The van der Waals surface area contributed by atoms with E-state index in [-0.39, 0.29) is 11.0 Å². The summed E-state index contributed by atoms with van der Waals surface area (Å²) in [6.45, 7) is 3.95. The van der Waals surface area contributed by atoms with E-state index in [1.807, 2.05) is 67.6 Å². The van der Waals surface area contributed by atoms with Crippen LogP contribution in [0.5, 0.6) is 0 Å². The Balaban J connectivity index is 1.29. The van der Waals surface area contributed by atoms with Crippen molar-refractivity contribution in [3.63, 3.8) is 0 Å². The summed E-state index contributed by atoms with van der Waals surface area (Å²) in [6.07, 6.45) is 1.75. The molecule has 0 spiro atoms. The first-order valence-corrected chi connectivity index (χ1v) is 13.5. The van der Waals surface area contributed by atoms with E-state index in [4.69, 9.17) is 37.1 Å². The molecule has 1 aliphatic carbocycles. The largest absolute Gasteiger partial charge is 0.465 e. The lowest BCUT2D eigenvalue weighted by molar-refractivity contribution is -0.146. The molecule has 0 bridgehead atoms. The van der Waals surface area contributed by atoms with Gasteiger partial charge in [-0.3, -0.25) is 10.1 Å². The highest BCUT2D eigenvalue weighted by Gasteiger charge is 2.52. The lowest BCUT2D eigenvalue weighted by atomic mass is 9.93.